The van der Waals surface area contributed by atoms with E-state index in [1.54, 1.807) is 12.1 Å². The molecule has 0 bridgehead atoms. The van der Waals surface area contributed by atoms with Crippen molar-refractivity contribution in [3.63, 3.8) is 0 Å². The van der Waals surface area contributed by atoms with Crippen molar-refractivity contribution in [1.29, 1.82) is 0 Å². The molecule has 3 aliphatic rings. The SMILES string of the molecule is NC1CCCC(NCc2cccc3c2C(=O)N(C2CCC(=O)NC2=O)C3=O)C1. The fourth-order valence-electron chi connectivity index (χ4n) is 4.40. The molecule has 0 spiro atoms. The third-order valence-corrected chi connectivity index (χ3v) is 5.85. The number of nitrogens with zero attached hydrogens (tertiary/aromatic N) is 1. The van der Waals surface area contributed by atoms with Gasteiger partial charge in [0, 0.05) is 25.0 Å². The summed E-state index contributed by atoms with van der Waals surface area (Å²) in [4.78, 5) is 50.5. The molecule has 1 saturated heterocycles. The van der Waals surface area contributed by atoms with E-state index in [0.717, 1.165) is 36.1 Å². The number of carbonyl (C=O) groups excluding carboxylic acids is 4. The van der Waals surface area contributed by atoms with Gasteiger partial charge in [-0.05, 0) is 37.3 Å². The average molecular weight is 384 g/mol. The summed E-state index contributed by atoms with van der Waals surface area (Å²) < 4.78 is 0. The Morgan fingerprint density at radius 3 is 2.68 bits per heavy atom. The molecule has 8 heteroatoms. The lowest BCUT2D eigenvalue weighted by Gasteiger charge is -2.28. The van der Waals surface area contributed by atoms with E-state index in [0.29, 0.717) is 17.7 Å². The van der Waals surface area contributed by atoms with E-state index in [4.69, 9.17) is 5.73 Å². The summed E-state index contributed by atoms with van der Waals surface area (Å²) >= 11 is 0. The van der Waals surface area contributed by atoms with Crippen molar-refractivity contribution in [3.8, 4) is 0 Å². The van der Waals surface area contributed by atoms with Crippen molar-refractivity contribution < 1.29 is 19.2 Å². The van der Waals surface area contributed by atoms with Crippen molar-refractivity contribution in [2.75, 3.05) is 0 Å². The lowest BCUT2D eigenvalue weighted by molar-refractivity contribution is -0.136. The lowest BCUT2D eigenvalue weighted by Crippen LogP contribution is -2.54. The number of benzene rings is 1. The number of rotatable bonds is 4. The summed E-state index contributed by atoms with van der Waals surface area (Å²) in [6, 6.07) is 4.73. The van der Waals surface area contributed by atoms with Crippen LogP contribution in [-0.2, 0) is 16.1 Å². The van der Waals surface area contributed by atoms with Crippen LogP contribution >= 0.6 is 0 Å². The van der Waals surface area contributed by atoms with Gasteiger partial charge < -0.3 is 11.1 Å². The minimum atomic E-state index is -0.942. The fourth-order valence-corrected chi connectivity index (χ4v) is 4.40. The van der Waals surface area contributed by atoms with E-state index in [-0.39, 0.29) is 30.8 Å². The molecule has 4 amide bonds. The number of hydrogen-bond acceptors (Lipinski definition) is 6. The van der Waals surface area contributed by atoms with E-state index >= 15 is 0 Å². The second-order valence-electron chi connectivity index (χ2n) is 7.79. The van der Waals surface area contributed by atoms with E-state index < -0.39 is 23.8 Å². The highest BCUT2D eigenvalue weighted by atomic mass is 16.2. The minimum absolute atomic E-state index is 0.111. The summed E-state index contributed by atoms with van der Waals surface area (Å²) in [5.41, 5.74) is 7.45. The average Bonchev–Trinajstić information content (AvgIpc) is 2.92. The predicted molar refractivity (Wildman–Crippen MR) is 100 cm³/mol. The van der Waals surface area contributed by atoms with Crippen molar-refractivity contribution >= 4 is 23.6 Å². The van der Waals surface area contributed by atoms with Crippen molar-refractivity contribution in [2.45, 2.75) is 63.2 Å². The van der Waals surface area contributed by atoms with Crippen LogP contribution in [0.3, 0.4) is 0 Å². The molecule has 0 radical (unpaired) electrons. The first-order chi connectivity index (χ1) is 13.5. The number of amides is 4. The van der Waals surface area contributed by atoms with Gasteiger partial charge in [-0.25, -0.2) is 0 Å². The number of nitrogens with two attached hydrogens (primary N) is 1. The Morgan fingerprint density at radius 1 is 1.11 bits per heavy atom. The number of hydrogen-bond donors (Lipinski definition) is 3. The molecule has 2 aliphatic heterocycles. The standard InChI is InChI=1S/C20H24N4O4/c21-12-4-2-5-13(9-12)22-10-11-3-1-6-14-17(11)20(28)24(19(14)27)15-7-8-16(25)23-18(15)26/h1,3,6,12-13,15,22H,2,4-5,7-10,21H2,(H,23,25,26). The molecule has 148 valence electrons. The van der Waals surface area contributed by atoms with Gasteiger partial charge in [0.2, 0.25) is 11.8 Å². The number of nitrogens with one attached hydrogen (secondary N) is 2. The molecule has 2 heterocycles. The zero-order valence-electron chi connectivity index (χ0n) is 15.6. The van der Waals surface area contributed by atoms with Crippen molar-refractivity contribution in [3.05, 3.63) is 34.9 Å². The Kier molecular flexibility index (Phi) is 4.99. The molecular formula is C20H24N4O4. The quantitative estimate of drug-likeness (QED) is 0.648. The third-order valence-electron chi connectivity index (χ3n) is 5.85. The van der Waals surface area contributed by atoms with Crippen LogP contribution in [0.1, 0.15) is 64.8 Å². The van der Waals surface area contributed by atoms with Gasteiger partial charge in [-0.2, -0.15) is 0 Å². The first kappa shape index (κ1) is 18.8. The molecule has 8 nitrogen and oxygen atoms in total. The fraction of sp³-hybridized carbons (Fsp3) is 0.500. The number of fused-ring (bicyclic) bond motifs is 1. The minimum Gasteiger partial charge on any atom is -0.328 e. The molecule has 2 fully saturated rings. The van der Waals surface area contributed by atoms with Gasteiger partial charge in [0.1, 0.15) is 6.04 Å². The predicted octanol–water partition coefficient (Wildman–Crippen LogP) is 0.447. The van der Waals surface area contributed by atoms with Crippen molar-refractivity contribution in [2.24, 2.45) is 5.73 Å². The molecule has 1 aromatic carbocycles. The highest BCUT2D eigenvalue weighted by Crippen LogP contribution is 2.30. The van der Waals surface area contributed by atoms with E-state index in [2.05, 4.69) is 10.6 Å². The van der Waals surface area contributed by atoms with Crippen LogP contribution in [0.2, 0.25) is 0 Å². The largest absolute Gasteiger partial charge is 0.328 e. The smallest absolute Gasteiger partial charge is 0.262 e. The number of carbonyl (C=O) groups is 4. The summed E-state index contributed by atoms with van der Waals surface area (Å²) in [7, 11) is 0. The van der Waals surface area contributed by atoms with Crippen LogP contribution in [-0.4, -0.2) is 46.7 Å². The van der Waals surface area contributed by atoms with Crippen LogP contribution in [0.25, 0.3) is 0 Å². The zero-order chi connectivity index (χ0) is 19.8. The number of piperidine rings is 1. The molecule has 0 aromatic heterocycles. The zero-order valence-corrected chi connectivity index (χ0v) is 15.6. The molecular weight excluding hydrogens is 360 g/mol. The third kappa shape index (κ3) is 3.33. The Labute approximate surface area is 162 Å². The van der Waals surface area contributed by atoms with E-state index in [1.807, 2.05) is 6.07 Å². The maximum Gasteiger partial charge on any atom is 0.262 e. The second-order valence-corrected chi connectivity index (χ2v) is 7.79. The molecule has 3 unspecified atom stereocenters. The molecule has 4 rings (SSSR count). The molecule has 4 N–H and O–H groups in total. The van der Waals surface area contributed by atoms with E-state index in [1.165, 1.54) is 0 Å². The molecule has 3 atom stereocenters. The molecule has 1 aliphatic carbocycles. The second kappa shape index (κ2) is 7.44. The lowest BCUT2D eigenvalue weighted by atomic mass is 9.91. The summed E-state index contributed by atoms with van der Waals surface area (Å²) in [5.74, 6) is -1.92. The maximum absolute atomic E-state index is 13.0. The molecule has 1 aromatic rings. The normalized spacial score (nSPS) is 27.8. The van der Waals surface area contributed by atoms with Gasteiger partial charge >= 0.3 is 0 Å². The summed E-state index contributed by atoms with van der Waals surface area (Å²) in [5, 5.41) is 5.67. The van der Waals surface area contributed by atoms with Crippen LogP contribution in [0.4, 0.5) is 0 Å². The van der Waals surface area contributed by atoms with Crippen LogP contribution in [0.15, 0.2) is 18.2 Å². The molecule has 28 heavy (non-hydrogen) atoms. The number of imide groups is 2. The maximum atomic E-state index is 13.0. The van der Waals surface area contributed by atoms with Gasteiger partial charge in [-0.1, -0.05) is 18.6 Å². The van der Waals surface area contributed by atoms with Gasteiger partial charge in [0.05, 0.1) is 11.1 Å². The van der Waals surface area contributed by atoms with Crippen LogP contribution < -0.4 is 16.4 Å². The first-order valence-electron chi connectivity index (χ1n) is 9.78. The molecule has 1 saturated carbocycles. The highest BCUT2D eigenvalue weighted by molar-refractivity contribution is 6.24. The topological polar surface area (TPSA) is 122 Å². The Balaban J connectivity index is 1.54. The monoisotopic (exact) mass is 384 g/mol. The van der Waals surface area contributed by atoms with Gasteiger partial charge in [0.25, 0.3) is 11.8 Å². The summed E-state index contributed by atoms with van der Waals surface area (Å²) in [6.45, 7) is 0.461. The van der Waals surface area contributed by atoms with Crippen molar-refractivity contribution in [1.82, 2.24) is 15.5 Å². The summed E-state index contributed by atoms with van der Waals surface area (Å²) in [6.07, 6.45) is 4.31. The van der Waals surface area contributed by atoms with Gasteiger partial charge in [-0.3, -0.25) is 29.4 Å². The van der Waals surface area contributed by atoms with Crippen LogP contribution in [0.5, 0.6) is 0 Å². The Hall–Kier alpha value is -2.58. The first-order valence-corrected chi connectivity index (χ1v) is 9.78. The van der Waals surface area contributed by atoms with Gasteiger partial charge in [0.15, 0.2) is 0 Å². The Morgan fingerprint density at radius 2 is 1.93 bits per heavy atom. The van der Waals surface area contributed by atoms with Gasteiger partial charge in [-0.15, -0.1) is 0 Å². The highest BCUT2D eigenvalue weighted by Gasteiger charge is 2.45. The van der Waals surface area contributed by atoms with E-state index in [9.17, 15) is 19.2 Å². The Bertz CT molecular complexity index is 853. The van der Waals surface area contributed by atoms with Crippen LogP contribution in [0, 0.1) is 0 Å².